The van der Waals surface area contributed by atoms with Crippen LogP contribution in [0.2, 0.25) is 0 Å². The third-order valence-corrected chi connectivity index (χ3v) is 3.43. The van der Waals surface area contributed by atoms with E-state index >= 15 is 0 Å². The van der Waals surface area contributed by atoms with Gasteiger partial charge in [0, 0.05) is 16.8 Å². The predicted molar refractivity (Wildman–Crippen MR) is 72.3 cm³/mol. The molecule has 2 aromatic rings. The monoisotopic (exact) mass is 353 g/mol. The molecule has 0 unspecified atom stereocenters. The van der Waals surface area contributed by atoms with Gasteiger partial charge in [-0.15, -0.1) is 0 Å². The Labute approximate surface area is 131 Å². The number of anilines is 1. The molecule has 0 fully saturated rings. The van der Waals surface area contributed by atoms with Crippen LogP contribution in [0.3, 0.4) is 0 Å². The Morgan fingerprint density at radius 3 is 1.71 bits per heavy atom. The van der Waals surface area contributed by atoms with Gasteiger partial charge in [0.15, 0.2) is 0 Å². The van der Waals surface area contributed by atoms with Crippen LogP contribution in [0.1, 0.15) is 5.56 Å². The van der Waals surface area contributed by atoms with E-state index in [1.807, 2.05) is 0 Å². The molecular weight excluding hydrogens is 343 g/mol. The smallest absolute Gasteiger partial charge is 0.399 e. The number of benzene rings is 2. The summed E-state index contributed by atoms with van der Waals surface area (Å²) in [6, 6.07) is 6.64. The summed E-state index contributed by atoms with van der Waals surface area (Å²) >= 11 is 0. The number of alkyl halides is 6. The molecule has 24 heavy (non-hydrogen) atoms. The summed E-state index contributed by atoms with van der Waals surface area (Å²) < 4.78 is 90.7. The number of halogens is 7. The van der Waals surface area contributed by atoms with Crippen molar-refractivity contribution in [2.75, 3.05) is 5.73 Å². The number of rotatable bonds is 2. The zero-order valence-corrected chi connectivity index (χ0v) is 11.7. The van der Waals surface area contributed by atoms with E-state index in [1.165, 1.54) is 24.3 Å². The van der Waals surface area contributed by atoms with Crippen LogP contribution in [-0.2, 0) is 5.60 Å². The van der Waals surface area contributed by atoms with Crippen LogP contribution in [0.5, 0.6) is 0 Å². The van der Waals surface area contributed by atoms with E-state index in [-0.39, 0.29) is 17.2 Å². The lowest BCUT2D eigenvalue weighted by Crippen LogP contribution is -2.53. The van der Waals surface area contributed by atoms with Crippen LogP contribution in [0.15, 0.2) is 42.5 Å². The van der Waals surface area contributed by atoms with Crippen LogP contribution in [0, 0.1) is 5.82 Å². The number of aliphatic hydroxyl groups is 1. The van der Waals surface area contributed by atoms with Crippen LogP contribution >= 0.6 is 0 Å². The summed E-state index contributed by atoms with van der Waals surface area (Å²) in [4.78, 5) is 0. The van der Waals surface area contributed by atoms with Gasteiger partial charge in [-0.3, -0.25) is 0 Å². The molecule has 0 atom stereocenters. The SMILES string of the molecule is Nc1ccc(-c2ccc(C(O)(C(F)(F)F)C(F)(F)F)cc2F)cc1. The first kappa shape index (κ1) is 18.1. The molecule has 0 aliphatic heterocycles. The van der Waals surface area contributed by atoms with Gasteiger partial charge in [-0.1, -0.05) is 24.3 Å². The van der Waals surface area contributed by atoms with Crippen molar-refractivity contribution in [2.45, 2.75) is 18.0 Å². The fourth-order valence-electron chi connectivity index (χ4n) is 2.12. The van der Waals surface area contributed by atoms with Crippen molar-refractivity contribution < 1.29 is 35.8 Å². The Morgan fingerprint density at radius 2 is 1.29 bits per heavy atom. The average Bonchev–Trinajstić information content (AvgIpc) is 2.45. The van der Waals surface area contributed by atoms with Gasteiger partial charge in [-0.25, -0.2) is 4.39 Å². The van der Waals surface area contributed by atoms with Crippen molar-refractivity contribution >= 4 is 5.69 Å². The molecule has 9 heteroatoms. The maximum Gasteiger partial charge on any atom is 0.430 e. The van der Waals surface area contributed by atoms with Crippen LogP contribution in [0.25, 0.3) is 11.1 Å². The maximum absolute atomic E-state index is 14.1. The highest BCUT2D eigenvalue weighted by Crippen LogP contribution is 2.50. The number of nitrogens with two attached hydrogens (primary N) is 1. The van der Waals surface area contributed by atoms with Crippen molar-refractivity contribution in [2.24, 2.45) is 0 Å². The van der Waals surface area contributed by atoms with E-state index < -0.39 is 29.3 Å². The van der Waals surface area contributed by atoms with Gasteiger partial charge in [0.25, 0.3) is 5.60 Å². The highest BCUT2D eigenvalue weighted by molar-refractivity contribution is 5.66. The molecule has 0 aliphatic rings. The minimum absolute atomic E-state index is 0.0205. The third-order valence-electron chi connectivity index (χ3n) is 3.43. The van der Waals surface area contributed by atoms with Gasteiger partial charge < -0.3 is 10.8 Å². The lowest BCUT2D eigenvalue weighted by Gasteiger charge is -2.32. The molecule has 2 nitrogen and oxygen atoms in total. The van der Waals surface area contributed by atoms with Crippen molar-refractivity contribution in [3.63, 3.8) is 0 Å². The number of hydrogen-bond donors (Lipinski definition) is 2. The largest absolute Gasteiger partial charge is 0.430 e. The molecule has 0 heterocycles. The summed E-state index contributed by atoms with van der Waals surface area (Å²) in [6.07, 6.45) is -12.1. The van der Waals surface area contributed by atoms with Gasteiger partial charge in [0.05, 0.1) is 0 Å². The van der Waals surface area contributed by atoms with E-state index in [0.29, 0.717) is 11.8 Å². The molecule has 0 spiro atoms. The first-order valence-corrected chi connectivity index (χ1v) is 6.39. The van der Waals surface area contributed by atoms with Crippen LogP contribution in [-0.4, -0.2) is 17.5 Å². The van der Waals surface area contributed by atoms with E-state index in [9.17, 15) is 35.8 Å². The second-order valence-electron chi connectivity index (χ2n) is 5.02. The minimum Gasteiger partial charge on any atom is -0.399 e. The first-order chi connectivity index (χ1) is 10.9. The van der Waals surface area contributed by atoms with E-state index in [4.69, 9.17) is 5.73 Å². The lowest BCUT2D eigenvalue weighted by atomic mass is 9.90. The minimum atomic E-state index is -6.07. The molecule has 0 amide bonds. The molecule has 2 rings (SSSR count). The molecule has 0 saturated carbocycles. The van der Waals surface area contributed by atoms with E-state index in [2.05, 4.69) is 0 Å². The van der Waals surface area contributed by atoms with Gasteiger partial charge in [0.1, 0.15) is 5.82 Å². The Kier molecular flexibility index (Phi) is 4.26. The van der Waals surface area contributed by atoms with Gasteiger partial charge in [0.2, 0.25) is 0 Å². The fourth-order valence-corrected chi connectivity index (χ4v) is 2.12. The van der Waals surface area contributed by atoms with Crippen LogP contribution in [0.4, 0.5) is 36.4 Å². The Balaban J connectivity index is 2.57. The normalized spacial score (nSPS) is 13.2. The molecule has 0 radical (unpaired) electrons. The molecule has 0 saturated heterocycles. The molecule has 130 valence electrons. The molecule has 2 aromatic carbocycles. The highest BCUT2D eigenvalue weighted by Gasteiger charge is 2.71. The molecule has 0 aromatic heterocycles. The van der Waals surface area contributed by atoms with Crippen molar-refractivity contribution in [3.8, 4) is 11.1 Å². The third kappa shape index (κ3) is 2.91. The number of nitrogen functional groups attached to an aromatic ring is 1. The quantitative estimate of drug-likeness (QED) is 0.621. The Bertz CT molecular complexity index is 721. The summed E-state index contributed by atoms with van der Waals surface area (Å²) in [5.41, 5.74) is -1.06. The average molecular weight is 353 g/mol. The standard InChI is InChI=1S/C15H10F7NO/c16-12-7-9(13(24,14(17,18)19)15(20,21)22)3-6-11(12)8-1-4-10(23)5-2-8/h1-7,24H,23H2. The van der Waals surface area contributed by atoms with E-state index in [1.54, 1.807) is 0 Å². The molecule has 0 aliphatic carbocycles. The second-order valence-corrected chi connectivity index (χ2v) is 5.02. The summed E-state index contributed by atoms with van der Waals surface area (Å²) in [6.45, 7) is 0. The maximum atomic E-state index is 14.1. The first-order valence-electron chi connectivity index (χ1n) is 6.39. The van der Waals surface area contributed by atoms with E-state index in [0.717, 1.165) is 6.07 Å². The van der Waals surface area contributed by atoms with Gasteiger partial charge in [-0.05, 0) is 23.8 Å². The molecule has 3 N–H and O–H groups in total. The second kappa shape index (κ2) is 5.66. The Hall–Kier alpha value is -2.29. The zero-order chi connectivity index (χ0) is 18.3. The molecule has 0 bridgehead atoms. The van der Waals surface area contributed by atoms with Crippen molar-refractivity contribution in [1.82, 2.24) is 0 Å². The highest BCUT2D eigenvalue weighted by atomic mass is 19.4. The Morgan fingerprint density at radius 1 is 0.792 bits per heavy atom. The number of hydrogen-bond acceptors (Lipinski definition) is 2. The van der Waals surface area contributed by atoms with Gasteiger partial charge in [-0.2, -0.15) is 26.3 Å². The van der Waals surface area contributed by atoms with Crippen LogP contribution < -0.4 is 5.73 Å². The summed E-state index contributed by atoms with van der Waals surface area (Å²) in [5.74, 6) is -1.34. The van der Waals surface area contributed by atoms with Crippen molar-refractivity contribution in [3.05, 3.63) is 53.8 Å². The molecular formula is C15H10F7NO. The summed E-state index contributed by atoms with van der Waals surface area (Å²) in [5, 5.41) is 9.24. The van der Waals surface area contributed by atoms with Crippen molar-refractivity contribution in [1.29, 1.82) is 0 Å². The van der Waals surface area contributed by atoms with Gasteiger partial charge >= 0.3 is 12.4 Å². The summed E-state index contributed by atoms with van der Waals surface area (Å²) in [7, 11) is 0. The zero-order valence-electron chi connectivity index (χ0n) is 11.7. The fraction of sp³-hybridized carbons (Fsp3) is 0.200. The topological polar surface area (TPSA) is 46.2 Å². The predicted octanol–water partition coefficient (Wildman–Crippen LogP) is 4.39. The lowest BCUT2D eigenvalue weighted by molar-refractivity contribution is -0.376.